The largest absolute Gasteiger partial charge is 0.461 e. The van der Waals surface area contributed by atoms with E-state index in [1.165, 1.54) is 0 Å². The molecule has 0 spiro atoms. The quantitative estimate of drug-likeness (QED) is 0.730. The molecule has 0 bridgehead atoms. The Hall–Kier alpha value is -1.42. The van der Waals surface area contributed by atoms with Crippen molar-refractivity contribution in [2.24, 2.45) is 5.73 Å². The maximum atomic E-state index is 11.3. The average Bonchev–Trinajstić information content (AvgIpc) is 2.18. The maximum absolute atomic E-state index is 11.3. The second-order valence-corrected chi connectivity index (χ2v) is 2.92. The van der Waals surface area contributed by atoms with E-state index in [1.54, 1.807) is 19.2 Å². The van der Waals surface area contributed by atoms with Gasteiger partial charge in [-0.3, -0.25) is 0 Å². The van der Waals surface area contributed by atoms with Crippen LogP contribution in [-0.4, -0.2) is 17.6 Å². The molecule has 4 nitrogen and oxygen atoms in total. The predicted molar refractivity (Wildman–Crippen MR) is 52.8 cm³/mol. The van der Waals surface area contributed by atoms with Crippen LogP contribution in [0.2, 0.25) is 0 Å². The van der Waals surface area contributed by atoms with Crippen molar-refractivity contribution in [3.63, 3.8) is 0 Å². The van der Waals surface area contributed by atoms with E-state index in [2.05, 4.69) is 4.98 Å². The van der Waals surface area contributed by atoms with Crippen molar-refractivity contribution in [1.82, 2.24) is 4.98 Å². The Kier molecular flexibility index (Phi) is 3.59. The predicted octanol–water partition coefficient (Wildman–Crippen LogP) is 1.03. The fourth-order valence-corrected chi connectivity index (χ4v) is 1.11. The molecule has 1 aromatic rings. The number of ether oxygens (including phenoxy) is 1. The van der Waals surface area contributed by atoms with Gasteiger partial charge in [-0.05, 0) is 31.0 Å². The van der Waals surface area contributed by atoms with Crippen molar-refractivity contribution in [1.29, 1.82) is 0 Å². The molecule has 1 heterocycles. The SMILES string of the molecule is CCOC(=O)c1cc(C)c(CN)cn1. The molecule has 0 saturated heterocycles. The van der Waals surface area contributed by atoms with E-state index in [9.17, 15) is 4.79 Å². The van der Waals surface area contributed by atoms with Gasteiger partial charge in [0.05, 0.1) is 6.61 Å². The molecule has 1 aromatic heterocycles. The number of aromatic nitrogens is 1. The summed E-state index contributed by atoms with van der Waals surface area (Å²) in [5, 5.41) is 0. The zero-order chi connectivity index (χ0) is 10.6. The molecule has 0 unspecified atom stereocenters. The molecule has 14 heavy (non-hydrogen) atoms. The van der Waals surface area contributed by atoms with Gasteiger partial charge >= 0.3 is 5.97 Å². The van der Waals surface area contributed by atoms with E-state index in [0.717, 1.165) is 11.1 Å². The molecule has 0 aliphatic carbocycles. The highest BCUT2D eigenvalue weighted by Gasteiger charge is 2.09. The number of rotatable bonds is 3. The molecule has 0 radical (unpaired) electrons. The Morgan fingerprint density at radius 2 is 2.36 bits per heavy atom. The average molecular weight is 194 g/mol. The van der Waals surface area contributed by atoms with Gasteiger partial charge in [-0.15, -0.1) is 0 Å². The summed E-state index contributed by atoms with van der Waals surface area (Å²) >= 11 is 0. The molecule has 1 rings (SSSR count). The van der Waals surface area contributed by atoms with E-state index in [0.29, 0.717) is 18.8 Å². The molecule has 0 aromatic carbocycles. The first-order chi connectivity index (χ1) is 6.69. The van der Waals surface area contributed by atoms with E-state index >= 15 is 0 Å². The van der Waals surface area contributed by atoms with Gasteiger partial charge in [0.15, 0.2) is 0 Å². The zero-order valence-electron chi connectivity index (χ0n) is 8.41. The number of pyridine rings is 1. The van der Waals surface area contributed by atoms with E-state index < -0.39 is 0 Å². The first-order valence-corrected chi connectivity index (χ1v) is 4.51. The number of aryl methyl sites for hydroxylation is 1. The summed E-state index contributed by atoms with van der Waals surface area (Å²) in [6.45, 7) is 4.45. The number of carbonyl (C=O) groups excluding carboxylic acids is 1. The molecular weight excluding hydrogens is 180 g/mol. The van der Waals surface area contributed by atoms with Crippen LogP contribution >= 0.6 is 0 Å². The van der Waals surface area contributed by atoms with Crippen LogP contribution < -0.4 is 5.73 Å². The molecule has 76 valence electrons. The van der Waals surface area contributed by atoms with E-state index in [1.807, 2.05) is 6.92 Å². The molecule has 0 fully saturated rings. The monoisotopic (exact) mass is 194 g/mol. The Morgan fingerprint density at radius 3 is 2.86 bits per heavy atom. The first-order valence-electron chi connectivity index (χ1n) is 4.51. The molecule has 0 saturated carbocycles. The third-order valence-electron chi connectivity index (χ3n) is 1.92. The van der Waals surface area contributed by atoms with Crippen LogP contribution in [0.4, 0.5) is 0 Å². The third-order valence-corrected chi connectivity index (χ3v) is 1.92. The minimum atomic E-state index is -0.390. The van der Waals surface area contributed by atoms with Crippen LogP contribution in [0.25, 0.3) is 0 Å². The summed E-state index contributed by atoms with van der Waals surface area (Å²) < 4.78 is 4.82. The summed E-state index contributed by atoms with van der Waals surface area (Å²) in [4.78, 5) is 15.3. The van der Waals surface area contributed by atoms with E-state index in [-0.39, 0.29) is 5.97 Å². The Balaban J connectivity index is 2.91. The molecular formula is C10H14N2O2. The van der Waals surface area contributed by atoms with E-state index in [4.69, 9.17) is 10.5 Å². The second kappa shape index (κ2) is 4.72. The minimum absolute atomic E-state index is 0.335. The smallest absolute Gasteiger partial charge is 0.356 e. The summed E-state index contributed by atoms with van der Waals surface area (Å²) in [6, 6.07) is 1.69. The number of carbonyl (C=O) groups is 1. The normalized spacial score (nSPS) is 9.93. The van der Waals surface area contributed by atoms with Gasteiger partial charge in [0.25, 0.3) is 0 Å². The van der Waals surface area contributed by atoms with Crippen molar-refractivity contribution >= 4 is 5.97 Å². The van der Waals surface area contributed by atoms with Crippen LogP contribution in [0, 0.1) is 6.92 Å². The zero-order valence-corrected chi connectivity index (χ0v) is 8.41. The third kappa shape index (κ3) is 2.29. The Morgan fingerprint density at radius 1 is 1.64 bits per heavy atom. The standard InChI is InChI=1S/C10H14N2O2/c1-3-14-10(13)9-4-7(2)8(5-11)6-12-9/h4,6H,3,5,11H2,1-2H3. The lowest BCUT2D eigenvalue weighted by Crippen LogP contribution is -2.09. The van der Waals surface area contributed by atoms with Gasteiger partial charge in [0.2, 0.25) is 0 Å². The highest BCUT2D eigenvalue weighted by Crippen LogP contribution is 2.08. The van der Waals surface area contributed by atoms with Crippen LogP contribution in [0.3, 0.4) is 0 Å². The molecule has 0 atom stereocenters. The van der Waals surface area contributed by atoms with Crippen molar-refractivity contribution in [3.8, 4) is 0 Å². The van der Waals surface area contributed by atoms with Crippen LogP contribution in [0.5, 0.6) is 0 Å². The van der Waals surface area contributed by atoms with Crippen LogP contribution in [0.1, 0.15) is 28.5 Å². The summed E-state index contributed by atoms with van der Waals surface area (Å²) in [5.41, 5.74) is 7.72. The van der Waals surface area contributed by atoms with Crippen LogP contribution in [0.15, 0.2) is 12.3 Å². The lowest BCUT2D eigenvalue weighted by Gasteiger charge is -2.05. The Bertz CT molecular complexity index is 337. The summed E-state index contributed by atoms with van der Waals surface area (Å²) in [7, 11) is 0. The number of nitrogens with two attached hydrogens (primary N) is 1. The first kappa shape index (κ1) is 10.7. The molecule has 4 heteroatoms. The van der Waals surface area contributed by atoms with Crippen molar-refractivity contribution in [2.45, 2.75) is 20.4 Å². The highest BCUT2D eigenvalue weighted by atomic mass is 16.5. The molecule has 0 amide bonds. The van der Waals surface area contributed by atoms with Gasteiger partial charge in [-0.1, -0.05) is 0 Å². The molecule has 2 N–H and O–H groups in total. The fourth-order valence-electron chi connectivity index (χ4n) is 1.11. The number of hydrogen-bond acceptors (Lipinski definition) is 4. The summed E-state index contributed by atoms with van der Waals surface area (Å²) in [5.74, 6) is -0.390. The highest BCUT2D eigenvalue weighted by molar-refractivity contribution is 5.87. The van der Waals surface area contributed by atoms with Crippen LogP contribution in [-0.2, 0) is 11.3 Å². The Labute approximate surface area is 83.1 Å². The summed E-state index contributed by atoms with van der Waals surface area (Å²) in [6.07, 6.45) is 1.61. The van der Waals surface area contributed by atoms with Crippen molar-refractivity contribution in [3.05, 3.63) is 29.1 Å². The van der Waals surface area contributed by atoms with Gasteiger partial charge < -0.3 is 10.5 Å². The maximum Gasteiger partial charge on any atom is 0.356 e. The lowest BCUT2D eigenvalue weighted by molar-refractivity contribution is 0.0519. The van der Waals surface area contributed by atoms with Gasteiger partial charge in [-0.25, -0.2) is 9.78 Å². The van der Waals surface area contributed by atoms with Crippen molar-refractivity contribution in [2.75, 3.05) is 6.61 Å². The van der Waals surface area contributed by atoms with Gasteiger partial charge in [0.1, 0.15) is 5.69 Å². The topological polar surface area (TPSA) is 65.2 Å². The molecule has 0 aliphatic rings. The number of hydrogen-bond donors (Lipinski definition) is 1. The fraction of sp³-hybridized carbons (Fsp3) is 0.400. The second-order valence-electron chi connectivity index (χ2n) is 2.92. The van der Waals surface area contributed by atoms with Crippen molar-refractivity contribution < 1.29 is 9.53 Å². The lowest BCUT2D eigenvalue weighted by atomic mass is 10.1. The van der Waals surface area contributed by atoms with Gasteiger partial charge in [-0.2, -0.15) is 0 Å². The number of nitrogens with zero attached hydrogens (tertiary/aromatic N) is 1. The number of esters is 1. The molecule has 0 aliphatic heterocycles. The van der Waals surface area contributed by atoms with Gasteiger partial charge in [0, 0.05) is 12.7 Å². The minimum Gasteiger partial charge on any atom is -0.461 e.